The summed E-state index contributed by atoms with van der Waals surface area (Å²) in [6.07, 6.45) is 6.33. The number of nitrogens with zero attached hydrogens (tertiary/aromatic N) is 2. The van der Waals surface area contributed by atoms with Gasteiger partial charge in [0, 0.05) is 19.3 Å². The van der Waals surface area contributed by atoms with Gasteiger partial charge in [-0.25, -0.2) is 9.37 Å². The molecule has 0 amide bonds. The van der Waals surface area contributed by atoms with E-state index in [1.807, 2.05) is 11.9 Å². The van der Waals surface area contributed by atoms with Crippen LogP contribution in [0.5, 0.6) is 0 Å². The maximum Gasteiger partial charge on any atom is 0.167 e. The summed E-state index contributed by atoms with van der Waals surface area (Å²) in [6, 6.07) is 1.71. The second-order valence-corrected chi connectivity index (χ2v) is 5.34. The lowest BCUT2D eigenvalue weighted by Gasteiger charge is -2.37. The van der Waals surface area contributed by atoms with Crippen molar-refractivity contribution in [2.75, 3.05) is 11.9 Å². The first-order valence-corrected chi connectivity index (χ1v) is 6.51. The molecule has 1 aliphatic rings. The maximum absolute atomic E-state index is 13.8. The van der Waals surface area contributed by atoms with E-state index in [2.05, 4.69) is 11.9 Å². The van der Waals surface area contributed by atoms with Crippen molar-refractivity contribution in [1.29, 1.82) is 0 Å². The first kappa shape index (κ1) is 12.6. The maximum atomic E-state index is 13.8. The normalized spacial score (nSPS) is 24.7. The van der Waals surface area contributed by atoms with E-state index in [-0.39, 0.29) is 5.82 Å². The van der Waals surface area contributed by atoms with Crippen LogP contribution in [0.2, 0.25) is 5.02 Å². The molecule has 2 rings (SSSR count). The second kappa shape index (κ2) is 5.21. The zero-order valence-corrected chi connectivity index (χ0v) is 11.0. The Morgan fingerprint density at radius 3 is 2.76 bits per heavy atom. The predicted octanol–water partition coefficient (Wildman–Crippen LogP) is 3.89. The highest BCUT2D eigenvalue weighted by molar-refractivity contribution is 6.30. The minimum Gasteiger partial charge on any atom is -0.354 e. The smallest absolute Gasteiger partial charge is 0.167 e. The topological polar surface area (TPSA) is 16.1 Å². The summed E-state index contributed by atoms with van der Waals surface area (Å²) in [6.45, 7) is 2.23. The Kier molecular flexibility index (Phi) is 3.87. The molecule has 0 bridgehead atoms. The molecule has 1 aliphatic carbocycles. The molecule has 0 N–H and O–H groups in total. The molecular formula is C13H18ClFN2. The third-order valence-corrected chi connectivity index (χ3v) is 3.89. The van der Waals surface area contributed by atoms with Gasteiger partial charge in [-0.3, -0.25) is 0 Å². The molecule has 1 aromatic heterocycles. The summed E-state index contributed by atoms with van der Waals surface area (Å²) in [4.78, 5) is 6.07. The van der Waals surface area contributed by atoms with Crippen LogP contribution in [0.25, 0.3) is 0 Å². The summed E-state index contributed by atoms with van der Waals surface area (Å²) < 4.78 is 13.8. The highest BCUT2D eigenvalue weighted by atomic mass is 35.5. The van der Waals surface area contributed by atoms with Crippen LogP contribution in [-0.4, -0.2) is 18.1 Å². The summed E-state index contributed by atoms with van der Waals surface area (Å²) in [7, 11) is 1.92. The van der Waals surface area contributed by atoms with Crippen LogP contribution in [0.4, 0.5) is 10.2 Å². The summed E-state index contributed by atoms with van der Waals surface area (Å²) >= 11 is 5.72. The largest absolute Gasteiger partial charge is 0.354 e. The quantitative estimate of drug-likeness (QED) is 0.798. The van der Waals surface area contributed by atoms with Crippen LogP contribution in [0, 0.1) is 11.7 Å². The lowest BCUT2D eigenvalue weighted by molar-refractivity contribution is 0.319. The van der Waals surface area contributed by atoms with Crippen LogP contribution in [0.15, 0.2) is 12.3 Å². The number of hydrogen-bond donors (Lipinski definition) is 0. The van der Waals surface area contributed by atoms with Gasteiger partial charge in [0.25, 0.3) is 0 Å². The monoisotopic (exact) mass is 256 g/mol. The fourth-order valence-corrected chi connectivity index (χ4v) is 2.84. The highest BCUT2D eigenvalue weighted by Crippen LogP contribution is 2.31. The molecule has 0 aromatic carbocycles. The lowest BCUT2D eigenvalue weighted by Crippen LogP contribution is -2.39. The SMILES string of the molecule is CC1CCCCC1N(C)c1ncc(Cl)cc1F. The van der Waals surface area contributed by atoms with Gasteiger partial charge in [-0.05, 0) is 24.8 Å². The molecule has 2 unspecified atom stereocenters. The Hall–Kier alpha value is -0.830. The van der Waals surface area contributed by atoms with E-state index in [9.17, 15) is 4.39 Å². The number of hydrogen-bond acceptors (Lipinski definition) is 2. The van der Waals surface area contributed by atoms with Crippen molar-refractivity contribution >= 4 is 17.4 Å². The third kappa shape index (κ3) is 2.71. The van der Waals surface area contributed by atoms with Gasteiger partial charge in [0.1, 0.15) is 0 Å². The molecule has 1 heterocycles. The van der Waals surface area contributed by atoms with Gasteiger partial charge in [0.2, 0.25) is 0 Å². The standard InChI is InChI=1S/C13H18ClFN2/c1-9-5-3-4-6-12(9)17(2)13-11(15)7-10(14)8-16-13/h7-9,12H,3-6H2,1-2H3. The van der Waals surface area contributed by atoms with Gasteiger partial charge in [0.05, 0.1) is 5.02 Å². The fourth-order valence-electron chi connectivity index (χ4n) is 2.70. The molecule has 0 radical (unpaired) electrons. The lowest BCUT2D eigenvalue weighted by atomic mass is 9.85. The Labute approximate surface area is 107 Å². The van der Waals surface area contributed by atoms with Crippen molar-refractivity contribution < 1.29 is 4.39 Å². The van der Waals surface area contributed by atoms with Gasteiger partial charge < -0.3 is 4.90 Å². The molecule has 1 fully saturated rings. The molecule has 1 saturated carbocycles. The number of anilines is 1. The zero-order valence-electron chi connectivity index (χ0n) is 10.3. The molecular weight excluding hydrogens is 239 g/mol. The van der Waals surface area contributed by atoms with Crippen molar-refractivity contribution in [3.8, 4) is 0 Å². The summed E-state index contributed by atoms with van der Waals surface area (Å²) in [5, 5.41) is 0.344. The first-order valence-electron chi connectivity index (χ1n) is 6.13. The van der Waals surface area contributed by atoms with Crippen molar-refractivity contribution in [3.63, 3.8) is 0 Å². The van der Waals surface area contributed by atoms with Crippen LogP contribution in [0.3, 0.4) is 0 Å². The first-order chi connectivity index (χ1) is 8.09. The Morgan fingerprint density at radius 1 is 1.41 bits per heavy atom. The van der Waals surface area contributed by atoms with E-state index in [1.54, 1.807) is 0 Å². The van der Waals surface area contributed by atoms with Crippen molar-refractivity contribution in [2.24, 2.45) is 5.92 Å². The van der Waals surface area contributed by atoms with Crippen LogP contribution in [-0.2, 0) is 0 Å². The number of aromatic nitrogens is 1. The molecule has 2 nitrogen and oxygen atoms in total. The van der Waals surface area contributed by atoms with Crippen molar-refractivity contribution in [2.45, 2.75) is 38.6 Å². The molecule has 0 saturated heterocycles. The van der Waals surface area contributed by atoms with E-state index in [4.69, 9.17) is 11.6 Å². The number of pyridine rings is 1. The molecule has 17 heavy (non-hydrogen) atoms. The summed E-state index contributed by atoms with van der Waals surface area (Å²) in [5.74, 6) is 0.663. The van der Waals surface area contributed by atoms with E-state index in [0.29, 0.717) is 22.8 Å². The second-order valence-electron chi connectivity index (χ2n) is 4.90. The van der Waals surface area contributed by atoms with E-state index in [0.717, 1.165) is 6.42 Å². The average molecular weight is 257 g/mol. The minimum atomic E-state index is -0.335. The Balaban J connectivity index is 2.20. The molecule has 0 spiro atoms. The van der Waals surface area contributed by atoms with Gasteiger partial charge >= 0.3 is 0 Å². The zero-order chi connectivity index (χ0) is 12.4. The van der Waals surface area contributed by atoms with Crippen molar-refractivity contribution in [1.82, 2.24) is 4.98 Å². The number of halogens is 2. The minimum absolute atomic E-state index is 0.335. The molecule has 94 valence electrons. The van der Waals surface area contributed by atoms with Gasteiger partial charge in [-0.1, -0.05) is 31.4 Å². The number of rotatable bonds is 2. The molecule has 2 atom stereocenters. The van der Waals surface area contributed by atoms with Crippen LogP contribution >= 0.6 is 11.6 Å². The summed E-state index contributed by atoms with van der Waals surface area (Å²) in [5.41, 5.74) is 0. The van der Waals surface area contributed by atoms with E-state index >= 15 is 0 Å². The molecule has 4 heteroatoms. The highest BCUT2D eigenvalue weighted by Gasteiger charge is 2.27. The van der Waals surface area contributed by atoms with Gasteiger partial charge in [0.15, 0.2) is 11.6 Å². The predicted molar refractivity (Wildman–Crippen MR) is 69.0 cm³/mol. The fraction of sp³-hybridized carbons (Fsp3) is 0.615. The molecule has 0 aliphatic heterocycles. The van der Waals surface area contributed by atoms with Gasteiger partial charge in [-0.15, -0.1) is 0 Å². The van der Waals surface area contributed by atoms with Crippen LogP contribution < -0.4 is 4.90 Å². The van der Waals surface area contributed by atoms with Crippen LogP contribution in [0.1, 0.15) is 32.6 Å². The van der Waals surface area contributed by atoms with Crippen molar-refractivity contribution in [3.05, 3.63) is 23.1 Å². The average Bonchev–Trinajstić information content (AvgIpc) is 2.29. The van der Waals surface area contributed by atoms with E-state index in [1.165, 1.54) is 31.5 Å². The Bertz CT molecular complexity index is 397. The van der Waals surface area contributed by atoms with Gasteiger partial charge in [-0.2, -0.15) is 0 Å². The van der Waals surface area contributed by atoms with E-state index < -0.39 is 0 Å². The Morgan fingerprint density at radius 2 is 2.12 bits per heavy atom. The molecule has 1 aromatic rings. The third-order valence-electron chi connectivity index (χ3n) is 3.69.